The summed E-state index contributed by atoms with van der Waals surface area (Å²) >= 11 is 0. The molecule has 0 aliphatic carbocycles. The Morgan fingerprint density at radius 3 is 2.50 bits per heavy atom. The minimum Gasteiger partial charge on any atom is -0.472 e. The zero-order valence-corrected chi connectivity index (χ0v) is 15.8. The molecule has 1 amide bonds. The average Bonchev–Trinajstić information content (AvgIpc) is 3.16. The normalized spacial score (nSPS) is 16.2. The summed E-state index contributed by atoms with van der Waals surface area (Å²) in [6, 6.07) is 8.70. The second-order valence-electron chi connectivity index (χ2n) is 6.52. The van der Waals surface area contributed by atoms with E-state index >= 15 is 0 Å². The van der Waals surface area contributed by atoms with Gasteiger partial charge in [0.1, 0.15) is 6.26 Å². The van der Waals surface area contributed by atoms with Gasteiger partial charge in [0.15, 0.2) is 0 Å². The Kier molecular flexibility index (Phi) is 5.45. The lowest BCUT2D eigenvalue weighted by Crippen LogP contribution is -2.48. The summed E-state index contributed by atoms with van der Waals surface area (Å²) in [5.74, 6) is -0.0162. The van der Waals surface area contributed by atoms with Crippen LogP contribution in [0.4, 0.5) is 0 Å². The molecule has 0 atom stereocenters. The van der Waals surface area contributed by atoms with Crippen molar-refractivity contribution in [2.24, 2.45) is 0 Å². The molecule has 1 aromatic heterocycles. The van der Waals surface area contributed by atoms with Gasteiger partial charge in [0.05, 0.1) is 16.7 Å². The Morgan fingerprint density at radius 2 is 1.88 bits per heavy atom. The van der Waals surface area contributed by atoms with Crippen LogP contribution in [0.3, 0.4) is 0 Å². The summed E-state index contributed by atoms with van der Waals surface area (Å²) < 4.78 is 30.7. The van der Waals surface area contributed by atoms with E-state index in [0.717, 1.165) is 18.7 Å². The molecule has 2 heterocycles. The third-order valence-corrected chi connectivity index (χ3v) is 6.32. The number of furan rings is 1. The summed E-state index contributed by atoms with van der Waals surface area (Å²) in [6.07, 6.45) is 2.96. The summed E-state index contributed by atoms with van der Waals surface area (Å²) in [7, 11) is -0.380. The van der Waals surface area contributed by atoms with Crippen molar-refractivity contribution in [3.63, 3.8) is 0 Å². The molecule has 1 aliphatic rings. The first-order valence-electron chi connectivity index (χ1n) is 8.43. The molecule has 26 heavy (non-hydrogen) atoms. The van der Waals surface area contributed by atoms with Crippen molar-refractivity contribution in [1.82, 2.24) is 14.1 Å². The predicted molar refractivity (Wildman–Crippen MR) is 97.2 cm³/mol. The minimum absolute atomic E-state index is 0.0162. The molecule has 0 saturated carbocycles. The van der Waals surface area contributed by atoms with Crippen molar-refractivity contribution in [1.29, 1.82) is 0 Å². The van der Waals surface area contributed by atoms with Crippen LogP contribution in [0.15, 0.2) is 52.2 Å². The summed E-state index contributed by atoms with van der Waals surface area (Å²) in [6.45, 7) is 3.42. The molecule has 8 heteroatoms. The van der Waals surface area contributed by atoms with Gasteiger partial charge in [-0.15, -0.1) is 0 Å². The summed E-state index contributed by atoms with van der Waals surface area (Å²) in [5, 5.41) is 0. The van der Waals surface area contributed by atoms with Gasteiger partial charge in [-0.05, 0) is 23.8 Å². The molecule has 1 saturated heterocycles. The molecule has 1 aliphatic heterocycles. The van der Waals surface area contributed by atoms with Crippen LogP contribution in [0.25, 0.3) is 0 Å². The average molecular weight is 377 g/mol. The van der Waals surface area contributed by atoms with Gasteiger partial charge in [-0.25, -0.2) is 12.7 Å². The van der Waals surface area contributed by atoms with Crippen molar-refractivity contribution in [2.75, 3.05) is 40.3 Å². The summed E-state index contributed by atoms with van der Waals surface area (Å²) in [5.41, 5.74) is 1.52. The van der Waals surface area contributed by atoms with E-state index in [4.69, 9.17) is 4.42 Å². The molecule has 7 nitrogen and oxygen atoms in total. The Hall–Kier alpha value is -2.16. The molecular formula is C18H23N3O4S. The first kappa shape index (κ1) is 18.6. The number of hydrogen-bond acceptors (Lipinski definition) is 5. The maximum atomic E-state index is 12.3. The fourth-order valence-electron chi connectivity index (χ4n) is 2.95. The molecule has 2 aromatic rings. The highest BCUT2D eigenvalue weighted by atomic mass is 32.2. The van der Waals surface area contributed by atoms with Gasteiger partial charge in [0, 0.05) is 46.8 Å². The number of benzene rings is 1. The predicted octanol–water partition coefficient (Wildman–Crippen LogP) is 1.49. The highest BCUT2D eigenvalue weighted by molar-refractivity contribution is 7.89. The smallest absolute Gasteiger partial charge is 0.257 e. The first-order chi connectivity index (χ1) is 12.4. The van der Waals surface area contributed by atoms with E-state index in [1.807, 2.05) is 11.0 Å². The van der Waals surface area contributed by atoms with Crippen molar-refractivity contribution in [3.8, 4) is 0 Å². The lowest BCUT2D eigenvalue weighted by molar-refractivity contribution is 0.0627. The van der Waals surface area contributed by atoms with Crippen LogP contribution >= 0.6 is 0 Å². The van der Waals surface area contributed by atoms with Crippen molar-refractivity contribution in [3.05, 3.63) is 54.0 Å². The fourth-order valence-corrected chi connectivity index (χ4v) is 3.92. The molecule has 3 rings (SSSR count). The van der Waals surface area contributed by atoms with E-state index in [-0.39, 0.29) is 5.91 Å². The van der Waals surface area contributed by atoms with Gasteiger partial charge in [0.2, 0.25) is 10.0 Å². The Bertz CT molecular complexity index is 854. The largest absolute Gasteiger partial charge is 0.472 e. The number of hydrogen-bond donors (Lipinski definition) is 0. The summed E-state index contributed by atoms with van der Waals surface area (Å²) in [4.78, 5) is 16.7. The highest BCUT2D eigenvalue weighted by Crippen LogP contribution is 2.17. The fraction of sp³-hybridized carbons (Fsp3) is 0.389. The van der Waals surface area contributed by atoms with Gasteiger partial charge in [-0.2, -0.15) is 0 Å². The molecule has 0 N–H and O–H groups in total. The standard InChI is InChI=1S/C18H23N3O4S/c1-19(2)26(23,24)17-5-3-4-15(12-17)13-20-7-9-21(10-8-20)18(22)16-6-11-25-14-16/h3-6,11-12,14H,7-10,13H2,1-2H3. The van der Waals surface area contributed by atoms with Crippen LogP contribution in [0.5, 0.6) is 0 Å². The quantitative estimate of drug-likeness (QED) is 0.789. The van der Waals surface area contributed by atoms with Crippen LogP contribution < -0.4 is 0 Å². The molecule has 1 aromatic carbocycles. The number of piperazine rings is 1. The SMILES string of the molecule is CN(C)S(=O)(=O)c1cccc(CN2CCN(C(=O)c3ccoc3)CC2)c1. The van der Waals surface area contributed by atoms with Crippen molar-refractivity contribution < 1.29 is 17.6 Å². The van der Waals surface area contributed by atoms with Crippen LogP contribution in [-0.2, 0) is 16.6 Å². The van der Waals surface area contributed by atoms with E-state index in [0.29, 0.717) is 30.1 Å². The molecule has 0 bridgehead atoms. The Labute approximate surface area is 153 Å². The van der Waals surface area contributed by atoms with Gasteiger partial charge in [-0.3, -0.25) is 9.69 Å². The monoisotopic (exact) mass is 377 g/mol. The van der Waals surface area contributed by atoms with Gasteiger partial charge in [-0.1, -0.05) is 12.1 Å². The molecule has 1 fully saturated rings. The lowest BCUT2D eigenvalue weighted by atomic mass is 10.2. The van der Waals surface area contributed by atoms with Gasteiger partial charge >= 0.3 is 0 Å². The zero-order chi connectivity index (χ0) is 18.7. The van der Waals surface area contributed by atoms with E-state index < -0.39 is 10.0 Å². The van der Waals surface area contributed by atoms with E-state index in [1.54, 1.807) is 24.3 Å². The number of amides is 1. The first-order valence-corrected chi connectivity index (χ1v) is 9.87. The topological polar surface area (TPSA) is 74.1 Å². The highest BCUT2D eigenvalue weighted by Gasteiger charge is 2.23. The number of nitrogens with zero attached hydrogens (tertiary/aromatic N) is 3. The minimum atomic E-state index is -3.43. The van der Waals surface area contributed by atoms with Crippen LogP contribution in [0.1, 0.15) is 15.9 Å². The number of rotatable bonds is 5. The number of carbonyl (C=O) groups is 1. The number of sulfonamides is 1. The second-order valence-corrected chi connectivity index (χ2v) is 8.67. The lowest BCUT2D eigenvalue weighted by Gasteiger charge is -2.34. The maximum absolute atomic E-state index is 12.3. The molecule has 0 spiro atoms. The molecule has 0 radical (unpaired) electrons. The van der Waals surface area contributed by atoms with Crippen LogP contribution in [-0.4, -0.2) is 68.7 Å². The third kappa shape index (κ3) is 3.98. The van der Waals surface area contributed by atoms with Gasteiger partial charge < -0.3 is 9.32 Å². The van der Waals surface area contributed by atoms with Crippen molar-refractivity contribution >= 4 is 15.9 Å². The van der Waals surface area contributed by atoms with Crippen molar-refractivity contribution in [2.45, 2.75) is 11.4 Å². The number of carbonyl (C=O) groups excluding carboxylic acids is 1. The molecule has 0 unspecified atom stereocenters. The van der Waals surface area contributed by atoms with Crippen LogP contribution in [0, 0.1) is 0 Å². The van der Waals surface area contributed by atoms with E-state index in [2.05, 4.69) is 4.90 Å². The second kappa shape index (κ2) is 7.61. The van der Waals surface area contributed by atoms with E-state index in [1.165, 1.54) is 30.9 Å². The maximum Gasteiger partial charge on any atom is 0.257 e. The Balaban J connectivity index is 1.61. The van der Waals surface area contributed by atoms with Gasteiger partial charge in [0.25, 0.3) is 5.91 Å². The Morgan fingerprint density at radius 1 is 1.15 bits per heavy atom. The van der Waals surface area contributed by atoms with Crippen LogP contribution in [0.2, 0.25) is 0 Å². The zero-order valence-electron chi connectivity index (χ0n) is 15.0. The van der Waals surface area contributed by atoms with E-state index in [9.17, 15) is 13.2 Å². The molecule has 140 valence electrons. The molecular weight excluding hydrogens is 354 g/mol. The third-order valence-electron chi connectivity index (χ3n) is 4.51.